The van der Waals surface area contributed by atoms with Gasteiger partial charge in [-0.3, -0.25) is 0 Å². The Morgan fingerprint density at radius 3 is 2.63 bits per heavy atom. The number of nitrogens with zero attached hydrogens (tertiary/aromatic N) is 2. The second-order valence-electron chi connectivity index (χ2n) is 5.11. The van der Waals surface area contributed by atoms with E-state index in [0.29, 0.717) is 5.52 Å². The van der Waals surface area contributed by atoms with Crippen molar-refractivity contribution in [1.29, 1.82) is 0 Å². The Morgan fingerprint density at radius 2 is 2.05 bits per heavy atom. The van der Waals surface area contributed by atoms with Gasteiger partial charge in [0.1, 0.15) is 11.2 Å². The van der Waals surface area contributed by atoms with E-state index in [1.54, 1.807) is 20.8 Å². The predicted octanol–water partition coefficient (Wildman–Crippen LogP) is 1.99. The molecule has 19 heavy (non-hydrogen) atoms. The largest absolute Gasteiger partial charge is 0.478 e. The van der Waals surface area contributed by atoms with Gasteiger partial charge in [0.25, 0.3) is 0 Å². The van der Waals surface area contributed by atoms with Crippen molar-refractivity contribution in [3.63, 3.8) is 0 Å². The zero-order valence-electron chi connectivity index (χ0n) is 10.9. The van der Waals surface area contributed by atoms with Crippen molar-refractivity contribution < 1.29 is 19.4 Å². The van der Waals surface area contributed by atoms with Crippen LogP contribution in [0.1, 0.15) is 41.5 Å². The molecule has 2 aromatic rings. The van der Waals surface area contributed by atoms with Gasteiger partial charge in [0.2, 0.25) is 0 Å². The van der Waals surface area contributed by atoms with Gasteiger partial charge in [-0.15, -0.1) is 0 Å². The molecule has 0 bridgehead atoms. The Labute approximate surface area is 109 Å². The van der Waals surface area contributed by atoms with E-state index in [2.05, 4.69) is 5.10 Å². The molecule has 1 N–H and O–H groups in total. The molecule has 2 rings (SSSR count). The number of aromatic carboxylic acids is 1. The van der Waals surface area contributed by atoms with E-state index in [9.17, 15) is 9.59 Å². The average molecular weight is 262 g/mol. The first kappa shape index (κ1) is 13.1. The van der Waals surface area contributed by atoms with Gasteiger partial charge in [-0.2, -0.15) is 5.10 Å². The molecule has 0 saturated carbocycles. The first-order chi connectivity index (χ1) is 8.78. The number of hydrogen-bond donors (Lipinski definition) is 1. The molecule has 6 nitrogen and oxygen atoms in total. The highest BCUT2D eigenvalue weighted by atomic mass is 16.6. The summed E-state index contributed by atoms with van der Waals surface area (Å²) in [5.41, 5.74) is 0.139. The second kappa shape index (κ2) is 4.38. The molecule has 0 saturated heterocycles. The molecule has 0 spiro atoms. The number of ether oxygens (including phenoxy) is 1. The van der Waals surface area contributed by atoms with E-state index in [1.807, 2.05) is 0 Å². The lowest BCUT2D eigenvalue weighted by Crippen LogP contribution is -2.23. The molecule has 2 aromatic heterocycles. The van der Waals surface area contributed by atoms with Crippen LogP contribution in [-0.4, -0.2) is 32.3 Å². The Hall–Kier alpha value is -2.37. The molecule has 0 amide bonds. The minimum Gasteiger partial charge on any atom is -0.478 e. The first-order valence-electron chi connectivity index (χ1n) is 5.72. The zero-order chi connectivity index (χ0) is 14.2. The minimum absolute atomic E-state index is 0.0952. The van der Waals surface area contributed by atoms with Crippen molar-refractivity contribution in [3.8, 4) is 0 Å². The van der Waals surface area contributed by atoms with E-state index in [0.717, 1.165) is 0 Å². The number of esters is 1. The summed E-state index contributed by atoms with van der Waals surface area (Å²) in [6.45, 7) is 5.29. The molecule has 0 aliphatic heterocycles. The van der Waals surface area contributed by atoms with Crippen LogP contribution in [0.15, 0.2) is 24.5 Å². The van der Waals surface area contributed by atoms with Crippen molar-refractivity contribution in [2.45, 2.75) is 26.4 Å². The lowest BCUT2D eigenvalue weighted by atomic mass is 10.1. The number of fused-ring (bicyclic) bond motifs is 1. The Balaban J connectivity index is 2.46. The van der Waals surface area contributed by atoms with Gasteiger partial charge in [-0.05, 0) is 32.9 Å². The lowest BCUT2D eigenvalue weighted by Gasteiger charge is -2.18. The van der Waals surface area contributed by atoms with Crippen LogP contribution in [0.2, 0.25) is 0 Å². The van der Waals surface area contributed by atoms with Crippen LogP contribution in [0.5, 0.6) is 0 Å². The van der Waals surface area contributed by atoms with Crippen LogP contribution in [0.4, 0.5) is 0 Å². The van der Waals surface area contributed by atoms with E-state index < -0.39 is 17.5 Å². The molecule has 0 unspecified atom stereocenters. The fourth-order valence-corrected chi connectivity index (χ4v) is 1.60. The molecule has 0 radical (unpaired) electrons. The monoisotopic (exact) mass is 262 g/mol. The molecule has 0 fully saturated rings. The van der Waals surface area contributed by atoms with Crippen LogP contribution >= 0.6 is 0 Å². The predicted molar refractivity (Wildman–Crippen MR) is 67.3 cm³/mol. The van der Waals surface area contributed by atoms with Crippen LogP contribution in [0, 0.1) is 0 Å². The third-order valence-corrected chi connectivity index (χ3v) is 2.39. The van der Waals surface area contributed by atoms with Crippen LogP contribution in [0.25, 0.3) is 5.52 Å². The van der Waals surface area contributed by atoms with E-state index in [1.165, 1.54) is 29.0 Å². The second-order valence-corrected chi connectivity index (χ2v) is 5.11. The van der Waals surface area contributed by atoms with E-state index in [-0.39, 0.29) is 11.1 Å². The van der Waals surface area contributed by atoms with Crippen molar-refractivity contribution >= 4 is 17.5 Å². The van der Waals surface area contributed by atoms with Gasteiger partial charge in [-0.1, -0.05) is 0 Å². The molecular weight excluding hydrogens is 248 g/mol. The SMILES string of the molecule is CC(C)(C)OC(=O)c1cnn2ccc(C(=O)O)cc12. The Morgan fingerprint density at radius 1 is 1.37 bits per heavy atom. The number of aromatic nitrogens is 2. The molecule has 0 aliphatic rings. The molecule has 0 atom stereocenters. The van der Waals surface area contributed by atoms with Crippen molar-refractivity contribution in [2.75, 3.05) is 0 Å². The number of rotatable bonds is 2. The number of carbonyl (C=O) groups excluding carboxylic acids is 1. The lowest BCUT2D eigenvalue weighted by molar-refractivity contribution is 0.00715. The van der Waals surface area contributed by atoms with Crippen molar-refractivity contribution in [3.05, 3.63) is 35.7 Å². The quantitative estimate of drug-likeness (QED) is 0.837. The highest BCUT2D eigenvalue weighted by Crippen LogP contribution is 2.17. The number of hydrogen-bond acceptors (Lipinski definition) is 4. The third kappa shape index (κ3) is 2.73. The highest BCUT2D eigenvalue weighted by Gasteiger charge is 2.21. The number of pyridine rings is 1. The summed E-state index contributed by atoms with van der Waals surface area (Å²) in [5.74, 6) is -1.58. The molecule has 0 aromatic carbocycles. The fourth-order valence-electron chi connectivity index (χ4n) is 1.60. The Kier molecular flexibility index (Phi) is 3.01. The maximum Gasteiger partial charge on any atom is 0.342 e. The van der Waals surface area contributed by atoms with Gasteiger partial charge >= 0.3 is 11.9 Å². The average Bonchev–Trinajstić information content (AvgIpc) is 2.68. The standard InChI is InChI=1S/C13H14N2O4/c1-13(2,3)19-12(18)9-7-14-15-5-4-8(11(16)17)6-10(9)15/h4-7H,1-3H3,(H,16,17). The van der Waals surface area contributed by atoms with Crippen LogP contribution in [0.3, 0.4) is 0 Å². The van der Waals surface area contributed by atoms with Crippen molar-refractivity contribution in [1.82, 2.24) is 9.61 Å². The van der Waals surface area contributed by atoms with E-state index in [4.69, 9.17) is 9.84 Å². The molecule has 2 heterocycles. The summed E-state index contributed by atoms with van der Waals surface area (Å²) < 4.78 is 6.69. The van der Waals surface area contributed by atoms with Gasteiger partial charge in [0.15, 0.2) is 0 Å². The maximum atomic E-state index is 12.0. The Bertz CT molecular complexity index is 652. The fraction of sp³-hybridized carbons (Fsp3) is 0.308. The van der Waals surface area contributed by atoms with Gasteiger partial charge in [-0.25, -0.2) is 14.1 Å². The molecular formula is C13H14N2O4. The summed E-state index contributed by atoms with van der Waals surface area (Å²) in [7, 11) is 0. The summed E-state index contributed by atoms with van der Waals surface area (Å²) in [5, 5.41) is 12.9. The van der Waals surface area contributed by atoms with E-state index >= 15 is 0 Å². The van der Waals surface area contributed by atoms with Gasteiger partial charge in [0.05, 0.1) is 17.3 Å². The maximum absolute atomic E-state index is 12.0. The summed E-state index contributed by atoms with van der Waals surface area (Å²) >= 11 is 0. The van der Waals surface area contributed by atoms with Crippen molar-refractivity contribution in [2.24, 2.45) is 0 Å². The molecule has 6 heteroatoms. The zero-order valence-corrected chi connectivity index (χ0v) is 10.9. The van der Waals surface area contributed by atoms with Crippen LogP contribution in [-0.2, 0) is 4.74 Å². The first-order valence-corrected chi connectivity index (χ1v) is 5.72. The molecule has 100 valence electrons. The highest BCUT2D eigenvalue weighted by molar-refractivity contribution is 5.98. The minimum atomic E-state index is -1.06. The third-order valence-electron chi connectivity index (χ3n) is 2.39. The number of carbonyl (C=O) groups is 2. The normalized spacial score (nSPS) is 11.5. The topological polar surface area (TPSA) is 80.9 Å². The molecule has 0 aliphatic carbocycles. The summed E-state index contributed by atoms with van der Waals surface area (Å²) in [4.78, 5) is 22.9. The van der Waals surface area contributed by atoms with Gasteiger partial charge < -0.3 is 9.84 Å². The summed E-state index contributed by atoms with van der Waals surface area (Å²) in [6, 6.07) is 2.82. The number of carboxylic acid groups (broad SMARTS) is 1. The summed E-state index contributed by atoms with van der Waals surface area (Å²) in [6.07, 6.45) is 2.86. The smallest absolute Gasteiger partial charge is 0.342 e. The number of carboxylic acids is 1. The van der Waals surface area contributed by atoms with Crippen LogP contribution < -0.4 is 0 Å². The van der Waals surface area contributed by atoms with Gasteiger partial charge in [0, 0.05) is 6.20 Å².